The molecule has 0 saturated carbocycles. The van der Waals surface area contributed by atoms with Gasteiger partial charge in [-0.3, -0.25) is 14.8 Å². The van der Waals surface area contributed by atoms with E-state index in [1.54, 1.807) is 30.8 Å². The van der Waals surface area contributed by atoms with Crippen molar-refractivity contribution in [2.75, 3.05) is 0 Å². The van der Waals surface area contributed by atoms with Crippen LogP contribution in [0.3, 0.4) is 0 Å². The Morgan fingerprint density at radius 1 is 1.33 bits per heavy atom. The van der Waals surface area contributed by atoms with Gasteiger partial charge in [-0.2, -0.15) is 5.10 Å². The first-order valence-electron chi connectivity index (χ1n) is 6.27. The van der Waals surface area contributed by atoms with Crippen molar-refractivity contribution in [1.29, 1.82) is 0 Å². The van der Waals surface area contributed by atoms with E-state index in [4.69, 9.17) is 11.6 Å². The molecule has 21 heavy (non-hydrogen) atoms. The number of hydrogen-bond acceptors (Lipinski definition) is 4. The van der Waals surface area contributed by atoms with Crippen LogP contribution in [0.25, 0.3) is 5.65 Å². The number of rotatable bonds is 3. The fourth-order valence-electron chi connectivity index (χ4n) is 2.35. The normalized spacial score (nSPS) is 11.2. The molecule has 3 heterocycles. The fraction of sp³-hybridized carbons (Fsp3) is 0.231. The summed E-state index contributed by atoms with van der Waals surface area (Å²) in [6, 6.07) is 3.58. The third-order valence-corrected chi connectivity index (χ3v) is 3.53. The van der Waals surface area contributed by atoms with Gasteiger partial charge in [-0.25, -0.2) is 4.98 Å². The molecule has 0 spiro atoms. The van der Waals surface area contributed by atoms with Crippen LogP contribution in [0.1, 0.15) is 17.1 Å². The highest BCUT2D eigenvalue weighted by Crippen LogP contribution is 2.22. The number of hydrogen-bond donors (Lipinski definition) is 0. The second kappa shape index (κ2) is 4.85. The largest absolute Gasteiger partial charge is 0.312 e. The zero-order valence-electron chi connectivity index (χ0n) is 11.4. The summed E-state index contributed by atoms with van der Waals surface area (Å²) in [5.41, 5.74) is 2.52. The predicted octanol–water partition coefficient (Wildman–Crippen LogP) is 2.76. The van der Waals surface area contributed by atoms with Crippen molar-refractivity contribution in [3.05, 3.63) is 56.7 Å². The van der Waals surface area contributed by atoms with Crippen LogP contribution in [0.4, 0.5) is 5.69 Å². The molecular weight excluding hydrogens is 294 g/mol. The Morgan fingerprint density at radius 2 is 2.10 bits per heavy atom. The standard InChI is InChI=1S/C13H12ClN5O2/c1-8-13(19(20)21)9(2)18(16-8)7-11-6-17-5-10(14)3-4-12(17)15-11/h3-6H,7H2,1-2H3. The molecule has 7 nitrogen and oxygen atoms in total. The van der Waals surface area contributed by atoms with Gasteiger partial charge in [0.15, 0.2) is 0 Å². The van der Waals surface area contributed by atoms with E-state index in [0.717, 1.165) is 11.3 Å². The minimum atomic E-state index is -0.405. The van der Waals surface area contributed by atoms with E-state index in [-0.39, 0.29) is 5.69 Å². The van der Waals surface area contributed by atoms with Gasteiger partial charge in [-0.1, -0.05) is 11.6 Å². The SMILES string of the molecule is Cc1nn(Cc2cn3cc(Cl)ccc3n2)c(C)c1[N+](=O)[O-]. The average molecular weight is 306 g/mol. The molecule has 0 N–H and O–H groups in total. The van der Waals surface area contributed by atoms with Gasteiger partial charge >= 0.3 is 5.69 Å². The molecule has 0 unspecified atom stereocenters. The lowest BCUT2D eigenvalue weighted by atomic mass is 10.3. The van der Waals surface area contributed by atoms with E-state index in [0.29, 0.717) is 23.0 Å². The van der Waals surface area contributed by atoms with Gasteiger partial charge in [0, 0.05) is 12.4 Å². The summed E-state index contributed by atoms with van der Waals surface area (Å²) in [6.45, 7) is 3.69. The van der Waals surface area contributed by atoms with Gasteiger partial charge in [-0.15, -0.1) is 0 Å². The molecule has 0 saturated heterocycles. The van der Waals surface area contributed by atoms with Gasteiger partial charge in [0.05, 0.1) is 22.2 Å². The minimum absolute atomic E-state index is 0.0572. The molecule has 8 heteroatoms. The number of halogens is 1. The Kier molecular flexibility index (Phi) is 3.13. The van der Waals surface area contributed by atoms with Crippen molar-refractivity contribution in [3.63, 3.8) is 0 Å². The summed E-state index contributed by atoms with van der Waals surface area (Å²) in [7, 11) is 0. The average Bonchev–Trinajstić information content (AvgIpc) is 2.90. The van der Waals surface area contributed by atoms with Gasteiger partial charge in [0.1, 0.15) is 17.0 Å². The zero-order chi connectivity index (χ0) is 15.1. The number of nitrogens with zero attached hydrogens (tertiary/aromatic N) is 5. The van der Waals surface area contributed by atoms with Crippen LogP contribution in [0.15, 0.2) is 24.5 Å². The first-order valence-corrected chi connectivity index (χ1v) is 6.65. The summed E-state index contributed by atoms with van der Waals surface area (Å²) in [5, 5.41) is 15.8. The van der Waals surface area contributed by atoms with Crippen LogP contribution < -0.4 is 0 Å². The van der Waals surface area contributed by atoms with Gasteiger partial charge in [0.2, 0.25) is 0 Å². The highest BCUT2D eigenvalue weighted by Gasteiger charge is 2.22. The molecule has 0 aliphatic carbocycles. The first kappa shape index (κ1) is 13.6. The predicted molar refractivity (Wildman–Crippen MR) is 77.7 cm³/mol. The summed E-state index contributed by atoms with van der Waals surface area (Å²) < 4.78 is 3.41. The molecule has 0 fully saturated rings. The first-order chi connectivity index (χ1) is 9.95. The monoisotopic (exact) mass is 305 g/mol. The number of fused-ring (bicyclic) bond motifs is 1. The van der Waals surface area contributed by atoms with Gasteiger partial charge < -0.3 is 4.40 Å². The van der Waals surface area contributed by atoms with E-state index in [1.165, 1.54) is 0 Å². The molecule has 0 radical (unpaired) electrons. The minimum Gasteiger partial charge on any atom is -0.305 e. The van der Waals surface area contributed by atoms with E-state index in [2.05, 4.69) is 10.1 Å². The molecule has 0 aliphatic heterocycles. The molecule has 3 rings (SSSR count). The van der Waals surface area contributed by atoms with Crippen LogP contribution in [-0.2, 0) is 6.54 Å². The fourth-order valence-corrected chi connectivity index (χ4v) is 2.52. The number of imidazole rings is 1. The molecule has 3 aromatic rings. The maximum absolute atomic E-state index is 11.0. The highest BCUT2D eigenvalue weighted by atomic mass is 35.5. The van der Waals surface area contributed by atoms with E-state index in [9.17, 15) is 10.1 Å². The Labute approximate surface area is 124 Å². The smallest absolute Gasteiger partial charge is 0.305 e. The molecule has 0 bridgehead atoms. The number of pyridine rings is 1. The Bertz CT molecular complexity index is 852. The zero-order valence-corrected chi connectivity index (χ0v) is 12.2. The lowest BCUT2D eigenvalue weighted by molar-refractivity contribution is -0.386. The van der Waals surface area contributed by atoms with E-state index < -0.39 is 4.92 Å². The number of nitro groups is 1. The van der Waals surface area contributed by atoms with E-state index >= 15 is 0 Å². The second-order valence-corrected chi connectivity index (χ2v) is 5.22. The molecule has 0 amide bonds. The maximum Gasteiger partial charge on any atom is 0.312 e. The Hall–Kier alpha value is -2.41. The second-order valence-electron chi connectivity index (χ2n) is 4.78. The third-order valence-electron chi connectivity index (χ3n) is 3.30. The number of aromatic nitrogens is 4. The Morgan fingerprint density at radius 3 is 2.76 bits per heavy atom. The van der Waals surface area contributed by atoms with Crippen LogP contribution in [-0.4, -0.2) is 24.1 Å². The summed E-state index contributed by atoms with van der Waals surface area (Å²) >= 11 is 5.93. The van der Waals surface area contributed by atoms with Crippen LogP contribution in [0.2, 0.25) is 5.02 Å². The van der Waals surface area contributed by atoms with Gasteiger partial charge in [-0.05, 0) is 26.0 Å². The number of aryl methyl sites for hydroxylation is 1. The van der Waals surface area contributed by atoms with Crippen LogP contribution in [0, 0.1) is 24.0 Å². The summed E-state index contributed by atoms with van der Waals surface area (Å²) in [4.78, 5) is 15.0. The topological polar surface area (TPSA) is 78.3 Å². The quantitative estimate of drug-likeness (QED) is 0.550. The summed E-state index contributed by atoms with van der Waals surface area (Å²) in [6.07, 6.45) is 3.60. The van der Waals surface area contributed by atoms with Crippen molar-refractivity contribution in [2.45, 2.75) is 20.4 Å². The van der Waals surface area contributed by atoms with Crippen molar-refractivity contribution in [2.24, 2.45) is 0 Å². The third kappa shape index (κ3) is 2.36. The molecule has 0 aromatic carbocycles. The molecular formula is C13H12ClN5O2. The molecule has 0 aliphatic rings. The van der Waals surface area contributed by atoms with Gasteiger partial charge in [0.25, 0.3) is 0 Å². The van der Waals surface area contributed by atoms with Crippen LogP contribution >= 0.6 is 11.6 Å². The van der Waals surface area contributed by atoms with Crippen LogP contribution in [0.5, 0.6) is 0 Å². The molecule has 0 atom stereocenters. The lowest BCUT2D eigenvalue weighted by Crippen LogP contribution is -2.04. The van der Waals surface area contributed by atoms with Crippen molar-refractivity contribution in [3.8, 4) is 0 Å². The van der Waals surface area contributed by atoms with Crippen molar-refractivity contribution >= 4 is 22.9 Å². The van der Waals surface area contributed by atoms with Crippen molar-refractivity contribution in [1.82, 2.24) is 19.2 Å². The lowest BCUT2D eigenvalue weighted by Gasteiger charge is -1.99. The maximum atomic E-state index is 11.0. The summed E-state index contributed by atoms with van der Waals surface area (Å²) in [5.74, 6) is 0. The van der Waals surface area contributed by atoms with Crippen molar-refractivity contribution < 1.29 is 4.92 Å². The Balaban J connectivity index is 1.99. The molecule has 108 valence electrons. The molecule has 3 aromatic heterocycles. The van der Waals surface area contributed by atoms with E-state index in [1.807, 2.05) is 16.7 Å². The highest BCUT2D eigenvalue weighted by molar-refractivity contribution is 6.30.